The van der Waals surface area contributed by atoms with Crippen LogP contribution in [0, 0.1) is 0 Å². The number of aliphatic hydroxyl groups is 7. The Morgan fingerprint density at radius 2 is 0.851 bits per heavy atom. The number of carbonyl (C=O) groups is 2. The van der Waals surface area contributed by atoms with E-state index < -0.39 is 92.7 Å². The van der Waals surface area contributed by atoms with Gasteiger partial charge in [0.2, 0.25) is 0 Å². The fraction of sp³-hybridized carbons (Fsp3) is 0.885. The molecule has 2 saturated heterocycles. The van der Waals surface area contributed by atoms with E-state index >= 15 is 0 Å². The molecule has 2 rings (SSSR count). The largest absolute Gasteiger partial charge is 0.462 e. The number of hydrogen-bond acceptors (Lipinski definition) is 15. The summed E-state index contributed by atoms with van der Waals surface area (Å²) in [5.74, 6) is -0.935. The van der Waals surface area contributed by atoms with Gasteiger partial charge in [-0.3, -0.25) is 9.59 Å². The van der Waals surface area contributed by atoms with Crippen molar-refractivity contribution in [2.24, 2.45) is 0 Å². The Morgan fingerprint density at radius 3 is 1.31 bits per heavy atom. The van der Waals surface area contributed by atoms with Gasteiger partial charge in [0.1, 0.15) is 55.4 Å². The minimum atomic E-state index is -1.76. The maximum absolute atomic E-state index is 13.0. The lowest BCUT2D eigenvalue weighted by Crippen LogP contribution is -2.61. The molecule has 0 spiro atoms. The zero-order valence-electron chi connectivity index (χ0n) is 41.4. The van der Waals surface area contributed by atoms with Crippen LogP contribution in [0.1, 0.15) is 200 Å². The zero-order chi connectivity index (χ0) is 48.9. The Balaban J connectivity index is 1.80. The quantitative estimate of drug-likeness (QED) is 0.0178. The Hall–Kier alpha value is -2.02. The van der Waals surface area contributed by atoms with Crippen LogP contribution >= 0.6 is 0 Å². The van der Waals surface area contributed by atoms with Gasteiger partial charge in [0.15, 0.2) is 18.7 Å². The summed E-state index contributed by atoms with van der Waals surface area (Å²) >= 11 is 0. The number of rotatable bonds is 41. The van der Waals surface area contributed by atoms with Crippen LogP contribution in [0.3, 0.4) is 0 Å². The topological polar surface area (TPSA) is 231 Å². The van der Waals surface area contributed by atoms with Crippen molar-refractivity contribution in [3.05, 3.63) is 24.3 Å². The van der Waals surface area contributed by atoms with E-state index in [0.717, 1.165) is 64.2 Å². The van der Waals surface area contributed by atoms with Crippen molar-refractivity contribution in [2.45, 2.75) is 268 Å². The standard InChI is InChI=1S/C52H94O15/c1-3-5-7-9-11-13-15-17-19-20-21-23-24-26-28-30-32-34-43(54)62-37-40(65-44(55)35-33-31-29-27-25-22-18-16-14-12-10-8-6-4-2)38-63-51-50(61)48(59)46(57)42(67-51)39-64-52-49(60)47(58)45(56)41(36-53)66-52/h16-19,40-42,45-53,56-61H,3-15,20-39H2,1-2H3/b18-16+,19-17+/t40-,41+,42+,45-,46-,47?,48?,49?,50?,51+,52+/m0/s1. The lowest BCUT2D eigenvalue weighted by atomic mass is 9.98. The number of unbranched alkanes of at least 4 members (excludes halogenated alkanes) is 23. The number of allylic oxidation sites excluding steroid dienone is 4. The predicted octanol–water partition coefficient (Wildman–Crippen LogP) is 7.55. The molecule has 2 aliphatic rings. The van der Waals surface area contributed by atoms with Crippen LogP contribution in [0.2, 0.25) is 0 Å². The molecule has 0 saturated carbocycles. The highest BCUT2D eigenvalue weighted by Crippen LogP contribution is 2.26. The van der Waals surface area contributed by atoms with E-state index in [4.69, 9.17) is 28.4 Å². The summed E-state index contributed by atoms with van der Waals surface area (Å²) < 4.78 is 33.6. The van der Waals surface area contributed by atoms with E-state index in [1.165, 1.54) is 96.3 Å². The van der Waals surface area contributed by atoms with Crippen LogP contribution in [0.15, 0.2) is 24.3 Å². The molecule has 4 unspecified atom stereocenters. The number of esters is 2. The summed E-state index contributed by atoms with van der Waals surface area (Å²) in [6.45, 7) is 2.57. The summed E-state index contributed by atoms with van der Waals surface area (Å²) in [6, 6.07) is 0. The van der Waals surface area contributed by atoms with E-state index in [-0.39, 0.29) is 26.1 Å². The highest BCUT2D eigenvalue weighted by atomic mass is 16.7. The molecule has 0 aromatic heterocycles. The van der Waals surface area contributed by atoms with E-state index in [9.17, 15) is 45.3 Å². The van der Waals surface area contributed by atoms with Gasteiger partial charge in [-0.1, -0.05) is 147 Å². The third kappa shape index (κ3) is 27.8. The van der Waals surface area contributed by atoms with Crippen molar-refractivity contribution in [3.8, 4) is 0 Å². The van der Waals surface area contributed by atoms with Gasteiger partial charge < -0.3 is 64.2 Å². The van der Waals surface area contributed by atoms with Gasteiger partial charge in [0.05, 0.1) is 19.8 Å². The molecular weight excluding hydrogens is 865 g/mol. The number of ether oxygens (including phenoxy) is 6. The van der Waals surface area contributed by atoms with Crippen molar-refractivity contribution >= 4 is 11.9 Å². The second-order valence-corrected chi connectivity index (χ2v) is 18.7. The molecule has 11 atom stereocenters. The van der Waals surface area contributed by atoms with E-state index in [2.05, 4.69) is 38.2 Å². The van der Waals surface area contributed by atoms with Gasteiger partial charge in [-0.2, -0.15) is 0 Å². The van der Waals surface area contributed by atoms with Crippen LogP contribution in [-0.4, -0.2) is 142 Å². The Labute approximate surface area is 403 Å². The second kappa shape index (κ2) is 39.7. The van der Waals surface area contributed by atoms with Gasteiger partial charge in [0.25, 0.3) is 0 Å². The SMILES string of the molecule is CCCCCCC/C=C/CCCCCCCC(=O)O[C@@H](COC(=O)CCCCCCCCC/C=C/CCCCCCCC)CO[C@@H]1O[C@H](CO[C@@H]2O[C@H](CO)[C@H](O)C(O)C2O)[C@H](O)C(O)C1O. The Morgan fingerprint density at radius 1 is 0.463 bits per heavy atom. The summed E-state index contributed by atoms with van der Waals surface area (Å²) in [7, 11) is 0. The molecule has 0 bridgehead atoms. The maximum atomic E-state index is 13.0. The van der Waals surface area contributed by atoms with E-state index in [1.807, 2.05) is 0 Å². The molecule has 0 radical (unpaired) electrons. The number of hydrogen-bond donors (Lipinski definition) is 7. The average molecular weight is 959 g/mol. The Bertz CT molecular complexity index is 1270. The monoisotopic (exact) mass is 959 g/mol. The first kappa shape index (κ1) is 61.1. The lowest BCUT2D eigenvalue weighted by molar-refractivity contribution is -0.332. The van der Waals surface area contributed by atoms with Crippen LogP contribution in [0.4, 0.5) is 0 Å². The molecule has 0 amide bonds. The molecule has 0 aromatic carbocycles. The highest BCUT2D eigenvalue weighted by molar-refractivity contribution is 5.70. The number of carbonyl (C=O) groups excluding carboxylic acids is 2. The lowest BCUT2D eigenvalue weighted by Gasteiger charge is -2.42. The van der Waals surface area contributed by atoms with Gasteiger partial charge in [0, 0.05) is 12.8 Å². The van der Waals surface area contributed by atoms with Crippen molar-refractivity contribution in [2.75, 3.05) is 26.4 Å². The van der Waals surface area contributed by atoms with Gasteiger partial charge in [-0.25, -0.2) is 0 Å². The molecule has 2 aliphatic heterocycles. The first-order valence-corrected chi connectivity index (χ1v) is 26.4. The van der Waals surface area contributed by atoms with Crippen LogP contribution < -0.4 is 0 Å². The normalized spacial score (nSPS) is 26.1. The second-order valence-electron chi connectivity index (χ2n) is 18.7. The minimum absolute atomic E-state index is 0.156. The van der Waals surface area contributed by atoms with Crippen molar-refractivity contribution in [1.29, 1.82) is 0 Å². The Kier molecular flexibility index (Phi) is 36.2. The predicted molar refractivity (Wildman–Crippen MR) is 257 cm³/mol. The van der Waals surface area contributed by atoms with Crippen LogP contribution in [-0.2, 0) is 38.0 Å². The molecule has 67 heavy (non-hydrogen) atoms. The zero-order valence-corrected chi connectivity index (χ0v) is 41.4. The fourth-order valence-electron chi connectivity index (χ4n) is 8.26. The fourth-order valence-corrected chi connectivity index (χ4v) is 8.26. The molecule has 2 heterocycles. The van der Waals surface area contributed by atoms with Gasteiger partial charge in [-0.05, 0) is 64.2 Å². The molecule has 0 aromatic rings. The molecule has 7 N–H and O–H groups in total. The molecule has 0 aliphatic carbocycles. The molecular formula is C52H94O15. The smallest absolute Gasteiger partial charge is 0.306 e. The average Bonchev–Trinajstić information content (AvgIpc) is 3.32. The van der Waals surface area contributed by atoms with Gasteiger partial charge >= 0.3 is 11.9 Å². The first-order valence-electron chi connectivity index (χ1n) is 26.4. The maximum Gasteiger partial charge on any atom is 0.306 e. The molecule has 15 nitrogen and oxygen atoms in total. The van der Waals surface area contributed by atoms with Crippen LogP contribution in [0.25, 0.3) is 0 Å². The first-order chi connectivity index (χ1) is 32.5. The molecule has 392 valence electrons. The summed E-state index contributed by atoms with van der Waals surface area (Å²) in [6.07, 6.45) is 23.4. The van der Waals surface area contributed by atoms with Crippen molar-refractivity contribution < 1.29 is 73.8 Å². The summed E-state index contributed by atoms with van der Waals surface area (Å²) in [5.41, 5.74) is 0. The number of aliphatic hydroxyl groups excluding tert-OH is 7. The highest BCUT2D eigenvalue weighted by Gasteiger charge is 2.47. The van der Waals surface area contributed by atoms with Gasteiger partial charge in [-0.15, -0.1) is 0 Å². The minimum Gasteiger partial charge on any atom is -0.462 e. The summed E-state index contributed by atoms with van der Waals surface area (Å²) in [5, 5.41) is 72.1. The molecule has 2 fully saturated rings. The van der Waals surface area contributed by atoms with Crippen molar-refractivity contribution in [1.82, 2.24) is 0 Å². The van der Waals surface area contributed by atoms with E-state index in [0.29, 0.717) is 12.8 Å². The summed E-state index contributed by atoms with van der Waals surface area (Å²) in [4.78, 5) is 25.8. The third-order valence-electron chi connectivity index (χ3n) is 12.7. The van der Waals surface area contributed by atoms with Crippen molar-refractivity contribution in [3.63, 3.8) is 0 Å². The molecule has 15 heteroatoms. The third-order valence-corrected chi connectivity index (χ3v) is 12.7. The van der Waals surface area contributed by atoms with Crippen LogP contribution in [0.5, 0.6) is 0 Å². The van der Waals surface area contributed by atoms with E-state index in [1.54, 1.807) is 0 Å².